The number of allylic oxidation sites excluding steroid dienone is 1. The Bertz CT molecular complexity index is 435. The first-order chi connectivity index (χ1) is 9.50. The van der Waals surface area contributed by atoms with Gasteiger partial charge < -0.3 is 9.47 Å². The first kappa shape index (κ1) is 16.6. The molecule has 0 bridgehead atoms. The van der Waals surface area contributed by atoms with E-state index in [0.717, 1.165) is 5.56 Å². The van der Waals surface area contributed by atoms with Gasteiger partial charge in [-0.15, -0.1) is 6.58 Å². The van der Waals surface area contributed by atoms with E-state index in [-0.39, 0.29) is 11.7 Å². The summed E-state index contributed by atoms with van der Waals surface area (Å²) in [6.45, 7) is 7.20. The minimum atomic E-state index is -0.949. The molecule has 0 heterocycles. The molecule has 20 heavy (non-hydrogen) atoms. The molecule has 0 spiro atoms. The molecule has 0 radical (unpaired) electrons. The minimum Gasteiger partial charge on any atom is -0.353 e. The van der Waals surface area contributed by atoms with Crippen molar-refractivity contribution in [1.29, 1.82) is 0 Å². The maximum Gasteiger partial charge on any atom is 0.174 e. The molecule has 0 fully saturated rings. The van der Waals surface area contributed by atoms with Crippen LogP contribution in [0.1, 0.15) is 31.7 Å². The maximum atomic E-state index is 12.2. The minimum absolute atomic E-state index is 0.0175. The van der Waals surface area contributed by atoms with Gasteiger partial charge in [0.1, 0.15) is 5.78 Å². The van der Waals surface area contributed by atoms with Crippen molar-refractivity contribution < 1.29 is 14.3 Å². The monoisotopic (exact) mass is 276 g/mol. The van der Waals surface area contributed by atoms with Crippen LogP contribution >= 0.6 is 0 Å². The van der Waals surface area contributed by atoms with Gasteiger partial charge in [0.05, 0.1) is 5.92 Å². The van der Waals surface area contributed by atoms with E-state index in [9.17, 15) is 4.79 Å². The average Bonchev–Trinajstić information content (AvgIpc) is 2.47. The number of ketones is 1. The zero-order valence-electron chi connectivity index (χ0n) is 12.8. The molecular weight excluding hydrogens is 252 g/mol. The number of carbonyl (C=O) groups excluding carboxylic acids is 1. The number of ether oxygens (including phenoxy) is 2. The second kappa shape index (κ2) is 7.36. The predicted molar refractivity (Wildman–Crippen MR) is 80.6 cm³/mol. The van der Waals surface area contributed by atoms with Crippen molar-refractivity contribution >= 4 is 5.78 Å². The maximum absolute atomic E-state index is 12.2. The van der Waals surface area contributed by atoms with Crippen molar-refractivity contribution in [2.75, 3.05) is 14.2 Å². The third-order valence-electron chi connectivity index (χ3n) is 3.86. The lowest BCUT2D eigenvalue weighted by molar-refractivity contribution is -0.228. The van der Waals surface area contributed by atoms with Gasteiger partial charge in [0.2, 0.25) is 0 Å². The standard InChI is InChI=1S/C17H24O3/c1-6-10-15(14-11-8-7-9-12-14)16(13(2)18)17(3,19-4)20-5/h6-9,11-12,15-16H,1,10H2,2-5H3. The summed E-state index contributed by atoms with van der Waals surface area (Å²) in [5, 5.41) is 0. The Morgan fingerprint density at radius 3 is 2.25 bits per heavy atom. The van der Waals surface area contributed by atoms with Gasteiger partial charge in [0, 0.05) is 20.1 Å². The van der Waals surface area contributed by atoms with Gasteiger partial charge in [0.25, 0.3) is 0 Å². The van der Waals surface area contributed by atoms with E-state index in [1.165, 1.54) is 0 Å². The Kier molecular flexibility index (Phi) is 6.11. The molecule has 2 atom stereocenters. The first-order valence-electron chi connectivity index (χ1n) is 6.76. The number of carbonyl (C=O) groups is 1. The Morgan fingerprint density at radius 2 is 1.85 bits per heavy atom. The first-order valence-corrected chi connectivity index (χ1v) is 6.76. The summed E-state index contributed by atoms with van der Waals surface area (Å²) in [5.74, 6) is -1.31. The number of benzene rings is 1. The summed E-state index contributed by atoms with van der Waals surface area (Å²) in [7, 11) is 3.13. The SMILES string of the molecule is C=CCC(c1ccccc1)C(C(C)=O)C(C)(OC)OC. The second-order valence-electron chi connectivity index (χ2n) is 5.05. The molecule has 1 aromatic rings. The van der Waals surface area contributed by atoms with E-state index in [0.29, 0.717) is 6.42 Å². The molecule has 0 aliphatic rings. The molecule has 2 unspecified atom stereocenters. The molecule has 1 rings (SSSR count). The highest BCUT2D eigenvalue weighted by molar-refractivity contribution is 5.80. The number of methoxy groups -OCH3 is 2. The molecule has 0 aromatic heterocycles. The second-order valence-corrected chi connectivity index (χ2v) is 5.05. The van der Waals surface area contributed by atoms with E-state index < -0.39 is 11.7 Å². The van der Waals surface area contributed by atoms with Crippen LogP contribution in [-0.2, 0) is 14.3 Å². The number of Topliss-reactive ketones (excluding diaryl/α,β-unsaturated/α-hetero) is 1. The predicted octanol–water partition coefficient (Wildman–Crippen LogP) is 3.56. The van der Waals surface area contributed by atoms with Crippen molar-refractivity contribution in [2.24, 2.45) is 5.92 Å². The van der Waals surface area contributed by atoms with Crippen molar-refractivity contribution in [1.82, 2.24) is 0 Å². The summed E-state index contributed by atoms with van der Waals surface area (Å²) in [6.07, 6.45) is 2.52. The van der Waals surface area contributed by atoms with E-state index in [4.69, 9.17) is 9.47 Å². The average molecular weight is 276 g/mol. The zero-order chi connectivity index (χ0) is 15.2. The normalized spacial score (nSPS) is 14.6. The Labute approximate surface area is 121 Å². The van der Waals surface area contributed by atoms with Crippen LogP contribution in [0.2, 0.25) is 0 Å². The lowest BCUT2D eigenvalue weighted by Crippen LogP contribution is -2.45. The number of hydrogen-bond acceptors (Lipinski definition) is 3. The Hall–Kier alpha value is -1.45. The third-order valence-corrected chi connectivity index (χ3v) is 3.86. The topological polar surface area (TPSA) is 35.5 Å². The summed E-state index contributed by atoms with van der Waals surface area (Å²) >= 11 is 0. The van der Waals surface area contributed by atoms with Gasteiger partial charge in [-0.25, -0.2) is 0 Å². The van der Waals surface area contributed by atoms with Crippen LogP contribution in [-0.4, -0.2) is 25.8 Å². The molecule has 1 aromatic carbocycles. The van der Waals surface area contributed by atoms with Crippen LogP contribution in [0.4, 0.5) is 0 Å². The quantitative estimate of drug-likeness (QED) is 0.538. The van der Waals surface area contributed by atoms with E-state index >= 15 is 0 Å². The molecule has 3 nitrogen and oxygen atoms in total. The molecule has 3 heteroatoms. The summed E-state index contributed by atoms with van der Waals surface area (Å²) < 4.78 is 11.0. The highest BCUT2D eigenvalue weighted by atomic mass is 16.7. The van der Waals surface area contributed by atoms with Crippen LogP contribution in [0, 0.1) is 5.92 Å². The molecule has 0 saturated heterocycles. The van der Waals surface area contributed by atoms with Gasteiger partial charge in [0.15, 0.2) is 5.79 Å². The smallest absolute Gasteiger partial charge is 0.174 e. The molecule has 0 saturated carbocycles. The Morgan fingerprint density at radius 1 is 1.30 bits per heavy atom. The zero-order valence-corrected chi connectivity index (χ0v) is 12.8. The molecule has 110 valence electrons. The fourth-order valence-electron chi connectivity index (χ4n) is 2.70. The van der Waals surface area contributed by atoms with Crippen LogP contribution in [0.5, 0.6) is 0 Å². The van der Waals surface area contributed by atoms with Gasteiger partial charge in [-0.2, -0.15) is 0 Å². The van der Waals surface area contributed by atoms with Gasteiger partial charge in [-0.1, -0.05) is 36.4 Å². The lowest BCUT2D eigenvalue weighted by atomic mass is 9.77. The number of hydrogen-bond donors (Lipinski definition) is 0. The van der Waals surface area contributed by atoms with Gasteiger partial charge >= 0.3 is 0 Å². The van der Waals surface area contributed by atoms with E-state index in [1.807, 2.05) is 36.4 Å². The fourth-order valence-corrected chi connectivity index (χ4v) is 2.70. The highest BCUT2D eigenvalue weighted by Gasteiger charge is 2.43. The third kappa shape index (κ3) is 3.56. The van der Waals surface area contributed by atoms with Crippen LogP contribution in [0.3, 0.4) is 0 Å². The van der Waals surface area contributed by atoms with Crippen LogP contribution in [0.25, 0.3) is 0 Å². The summed E-state index contributed by atoms with van der Waals surface area (Å²) in [6, 6.07) is 9.95. The van der Waals surface area contributed by atoms with Crippen LogP contribution in [0.15, 0.2) is 43.0 Å². The van der Waals surface area contributed by atoms with Crippen molar-refractivity contribution in [3.8, 4) is 0 Å². The van der Waals surface area contributed by atoms with Crippen molar-refractivity contribution in [2.45, 2.75) is 32.0 Å². The Balaban J connectivity index is 3.26. The largest absolute Gasteiger partial charge is 0.353 e. The van der Waals surface area contributed by atoms with Gasteiger partial charge in [-0.05, 0) is 25.8 Å². The fraction of sp³-hybridized carbons (Fsp3) is 0.471. The number of rotatable bonds is 8. The lowest BCUT2D eigenvalue weighted by Gasteiger charge is -2.38. The molecular formula is C17H24O3. The molecule has 0 aliphatic carbocycles. The summed E-state index contributed by atoms with van der Waals surface area (Å²) in [5.41, 5.74) is 1.09. The molecule has 0 aliphatic heterocycles. The van der Waals surface area contributed by atoms with Crippen molar-refractivity contribution in [3.63, 3.8) is 0 Å². The van der Waals surface area contributed by atoms with E-state index in [1.54, 1.807) is 28.1 Å². The molecule has 0 amide bonds. The molecule has 0 N–H and O–H groups in total. The van der Waals surface area contributed by atoms with Crippen molar-refractivity contribution in [3.05, 3.63) is 48.6 Å². The van der Waals surface area contributed by atoms with E-state index in [2.05, 4.69) is 6.58 Å². The summed E-state index contributed by atoms with van der Waals surface area (Å²) in [4.78, 5) is 12.2. The van der Waals surface area contributed by atoms with Crippen LogP contribution < -0.4 is 0 Å². The van der Waals surface area contributed by atoms with Gasteiger partial charge in [-0.3, -0.25) is 4.79 Å². The highest BCUT2D eigenvalue weighted by Crippen LogP contribution is 2.38.